The highest BCUT2D eigenvalue weighted by Gasteiger charge is 2.12. The van der Waals surface area contributed by atoms with E-state index in [1.54, 1.807) is 0 Å². The monoisotopic (exact) mass is 133 g/mol. The highest BCUT2D eigenvalue weighted by molar-refractivity contribution is 5.78. The molecular formula is C5H11NO3. The van der Waals surface area contributed by atoms with E-state index in [1.165, 1.54) is 14.2 Å². The molecule has 0 saturated heterocycles. The summed E-state index contributed by atoms with van der Waals surface area (Å²) in [5.74, 6) is -0.501. The van der Waals surface area contributed by atoms with Crippen LogP contribution in [0.25, 0.3) is 0 Å². The first kappa shape index (κ1) is 8.39. The fraction of sp³-hybridized carbons (Fsp3) is 0.800. The number of carbonyl (C=O) groups excluding carboxylic acids is 1. The molecule has 0 aromatic heterocycles. The Kier molecular flexibility index (Phi) is 4.00. The Hall–Kier alpha value is -0.610. The molecule has 0 bridgehead atoms. The van der Waals surface area contributed by atoms with Crippen molar-refractivity contribution in [1.29, 1.82) is 0 Å². The second-order valence-corrected chi connectivity index (χ2v) is 1.58. The van der Waals surface area contributed by atoms with E-state index in [-0.39, 0.29) is 6.61 Å². The molecule has 1 atom stereocenters. The third kappa shape index (κ3) is 3.05. The maximum absolute atomic E-state index is 10.3. The van der Waals surface area contributed by atoms with E-state index in [4.69, 9.17) is 5.73 Å². The molecule has 0 spiro atoms. The number of amides is 1. The van der Waals surface area contributed by atoms with Gasteiger partial charge in [0.05, 0.1) is 6.61 Å². The van der Waals surface area contributed by atoms with Gasteiger partial charge in [-0.2, -0.15) is 0 Å². The second kappa shape index (κ2) is 4.29. The number of rotatable bonds is 4. The summed E-state index contributed by atoms with van der Waals surface area (Å²) >= 11 is 0. The lowest BCUT2D eigenvalue weighted by Gasteiger charge is -2.08. The van der Waals surface area contributed by atoms with Crippen LogP contribution in [0.2, 0.25) is 0 Å². The molecule has 0 fully saturated rings. The lowest BCUT2D eigenvalue weighted by molar-refractivity contribution is -0.130. The van der Waals surface area contributed by atoms with Gasteiger partial charge in [-0.25, -0.2) is 0 Å². The average molecular weight is 133 g/mol. The topological polar surface area (TPSA) is 61.6 Å². The highest BCUT2D eigenvalue weighted by atomic mass is 16.5. The highest BCUT2D eigenvalue weighted by Crippen LogP contribution is 1.87. The summed E-state index contributed by atoms with van der Waals surface area (Å²) < 4.78 is 9.28. The molecule has 1 amide bonds. The maximum atomic E-state index is 10.3. The zero-order valence-electron chi connectivity index (χ0n) is 5.59. The zero-order chi connectivity index (χ0) is 7.28. The summed E-state index contributed by atoms with van der Waals surface area (Å²) in [6, 6.07) is 0. The van der Waals surface area contributed by atoms with Crippen molar-refractivity contribution >= 4 is 5.91 Å². The number of hydrogen-bond acceptors (Lipinski definition) is 3. The Morgan fingerprint density at radius 2 is 2.22 bits per heavy atom. The van der Waals surface area contributed by atoms with Crippen LogP contribution < -0.4 is 5.73 Å². The summed E-state index contributed by atoms with van der Waals surface area (Å²) in [4.78, 5) is 10.3. The standard InChI is InChI=1S/C5H11NO3/c1-8-3-4(9-2)5(6)7/h4H,3H2,1-2H3,(H2,6,7)/t4-/m0/s1. The fourth-order valence-corrected chi connectivity index (χ4v) is 0.418. The van der Waals surface area contributed by atoms with Crippen molar-refractivity contribution in [3.8, 4) is 0 Å². The smallest absolute Gasteiger partial charge is 0.248 e. The van der Waals surface area contributed by atoms with Gasteiger partial charge in [-0.1, -0.05) is 0 Å². The Morgan fingerprint density at radius 3 is 2.33 bits per heavy atom. The van der Waals surface area contributed by atoms with Gasteiger partial charge in [0.25, 0.3) is 0 Å². The molecule has 0 aromatic rings. The Morgan fingerprint density at radius 1 is 1.67 bits per heavy atom. The first-order chi connectivity index (χ1) is 4.22. The van der Waals surface area contributed by atoms with E-state index in [1.807, 2.05) is 0 Å². The third-order valence-corrected chi connectivity index (χ3v) is 0.920. The van der Waals surface area contributed by atoms with Crippen LogP contribution in [0.15, 0.2) is 0 Å². The predicted octanol–water partition coefficient (Wildman–Crippen LogP) is -0.867. The molecular weight excluding hydrogens is 122 g/mol. The van der Waals surface area contributed by atoms with Crippen LogP contribution in [0, 0.1) is 0 Å². The summed E-state index contributed by atoms with van der Waals surface area (Å²) in [5.41, 5.74) is 4.89. The number of primary amides is 1. The lowest BCUT2D eigenvalue weighted by atomic mass is 10.4. The normalized spacial score (nSPS) is 13.1. The van der Waals surface area contributed by atoms with E-state index in [9.17, 15) is 4.79 Å². The molecule has 0 aromatic carbocycles. The van der Waals surface area contributed by atoms with Gasteiger partial charge < -0.3 is 15.2 Å². The Bertz CT molecular complexity index is 94.2. The van der Waals surface area contributed by atoms with Gasteiger partial charge in [0, 0.05) is 14.2 Å². The number of ether oxygens (including phenoxy) is 2. The fourth-order valence-electron chi connectivity index (χ4n) is 0.418. The summed E-state index contributed by atoms with van der Waals surface area (Å²) in [7, 11) is 2.89. The molecule has 0 heterocycles. The predicted molar refractivity (Wildman–Crippen MR) is 31.9 cm³/mol. The van der Waals surface area contributed by atoms with Crippen molar-refractivity contribution in [1.82, 2.24) is 0 Å². The van der Waals surface area contributed by atoms with Crippen LogP contribution in [0.3, 0.4) is 0 Å². The minimum atomic E-state index is -0.616. The van der Waals surface area contributed by atoms with Crippen LogP contribution in [0.1, 0.15) is 0 Å². The van der Waals surface area contributed by atoms with E-state index in [0.717, 1.165) is 0 Å². The summed E-state index contributed by atoms with van der Waals surface area (Å²) in [6.07, 6.45) is -0.616. The van der Waals surface area contributed by atoms with E-state index >= 15 is 0 Å². The van der Waals surface area contributed by atoms with Crippen molar-refractivity contribution in [3.05, 3.63) is 0 Å². The molecule has 4 heteroatoms. The van der Waals surface area contributed by atoms with Crippen LogP contribution in [-0.4, -0.2) is 32.8 Å². The van der Waals surface area contributed by atoms with E-state index in [0.29, 0.717) is 0 Å². The zero-order valence-corrected chi connectivity index (χ0v) is 5.59. The van der Waals surface area contributed by atoms with Gasteiger partial charge in [0.15, 0.2) is 6.10 Å². The molecule has 0 unspecified atom stereocenters. The second-order valence-electron chi connectivity index (χ2n) is 1.58. The molecule has 0 radical (unpaired) electrons. The van der Waals surface area contributed by atoms with Gasteiger partial charge in [-0.3, -0.25) is 4.79 Å². The quantitative estimate of drug-likeness (QED) is 0.542. The number of nitrogens with two attached hydrogens (primary N) is 1. The molecule has 9 heavy (non-hydrogen) atoms. The molecule has 4 nitrogen and oxygen atoms in total. The van der Waals surface area contributed by atoms with Gasteiger partial charge in [0.2, 0.25) is 5.91 Å². The van der Waals surface area contributed by atoms with Gasteiger partial charge in [0.1, 0.15) is 0 Å². The molecule has 2 N–H and O–H groups in total. The minimum Gasteiger partial charge on any atom is -0.381 e. The largest absolute Gasteiger partial charge is 0.381 e. The van der Waals surface area contributed by atoms with Crippen LogP contribution in [-0.2, 0) is 14.3 Å². The van der Waals surface area contributed by atoms with Crippen molar-refractivity contribution in [3.63, 3.8) is 0 Å². The van der Waals surface area contributed by atoms with E-state index in [2.05, 4.69) is 9.47 Å². The number of methoxy groups -OCH3 is 2. The molecule has 0 rings (SSSR count). The molecule has 0 aliphatic carbocycles. The SMILES string of the molecule is COC[C@H](OC)C(N)=O. The van der Waals surface area contributed by atoms with Crippen LogP contribution >= 0.6 is 0 Å². The maximum Gasteiger partial charge on any atom is 0.248 e. The average Bonchev–Trinajstić information content (AvgIpc) is 1.82. The van der Waals surface area contributed by atoms with Crippen molar-refractivity contribution in [2.45, 2.75) is 6.10 Å². The number of carbonyl (C=O) groups is 1. The summed E-state index contributed by atoms with van der Waals surface area (Å²) in [5, 5.41) is 0. The van der Waals surface area contributed by atoms with Crippen LogP contribution in [0.4, 0.5) is 0 Å². The third-order valence-electron chi connectivity index (χ3n) is 0.920. The van der Waals surface area contributed by atoms with Crippen LogP contribution in [0.5, 0.6) is 0 Å². The van der Waals surface area contributed by atoms with Crippen molar-refractivity contribution in [2.75, 3.05) is 20.8 Å². The molecule has 54 valence electrons. The Labute approximate surface area is 53.9 Å². The van der Waals surface area contributed by atoms with Gasteiger partial charge in [-0.15, -0.1) is 0 Å². The van der Waals surface area contributed by atoms with Gasteiger partial charge >= 0.3 is 0 Å². The lowest BCUT2D eigenvalue weighted by Crippen LogP contribution is -2.33. The minimum absolute atomic E-state index is 0.214. The van der Waals surface area contributed by atoms with Crippen molar-refractivity contribution in [2.24, 2.45) is 5.73 Å². The van der Waals surface area contributed by atoms with E-state index < -0.39 is 12.0 Å². The first-order valence-electron chi connectivity index (χ1n) is 2.53. The number of hydrogen-bond donors (Lipinski definition) is 1. The van der Waals surface area contributed by atoms with Crippen molar-refractivity contribution < 1.29 is 14.3 Å². The molecule has 0 aliphatic heterocycles. The van der Waals surface area contributed by atoms with Gasteiger partial charge in [-0.05, 0) is 0 Å². The first-order valence-corrected chi connectivity index (χ1v) is 2.53. The molecule has 0 aliphatic rings. The Balaban J connectivity index is 3.54. The molecule has 0 saturated carbocycles. The summed E-state index contributed by atoms with van der Waals surface area (Å²) in [6.45, 7) is 0.214.